The minimum absolute atomic E-state index is 0.195. The van der Waals surface area contributed by atoms with Gasteiger partial charge >= 0.3 is 0 Å². The summed E-state index contributed by atoms with van der Waals surface area (Å²) in [7, 11) is 0. The van der Waals surface area contributed by atoms with E-state index in [1.807, 2.05) is 0 Å². The number of hydrogen-bond acceptors (Lipinski definition) is 2. The second-order valence-corrected chi connectivity index (χ2v) is 5.14. The van der Waals surface area contributed by atoms with Crippen molar-refractivity contribution >= 4 is 38.6 Å². The van der Waals surface area contributed by atoms with Crippen LogP contribution in [0.2, 0.25) is 0 Å². The minimum atomic E-state index is -0.328. The maximum atomic E-state index is 14.0. The molecular weight excluding hydrogens is 333 g/mol. The number of hydrogen-bond donors (Lipinski definition) is 0. The van der Waals surface area contributed by atoms with Crippen LogP contribution in [0.15, 0.2) is 41.1 Å². The van der Waals surface area contributed by atoms with E-state index >= 15 is 0 Å². The third-order valence-corrected chi connectivity index (χ3v) is 3.53. The van der Waals surface area contributed by atoms with Gasteiger partial charge in [-0.2, -0.15) is 0 Å². The van der Waals surface area contributed by atoms with Gasteiger partial charge in [0.25, 0.3) is 0 Å². The monoisotopic (exact) mass is 339 g/mol. The van der Waals surface area contributed by atoms with E-state index in [4.69, 9.17) is 11.6 Å². The van der Waals surface area contributed by atoms with E-state index in [1.165, 1.54) is 6.07 Å². The van der Waals surface area contributed by atoms with Gasteiger partial charge < -0.3 is 0 Å². The van der Waals surface area contributed by atoms with E-state index in [0.717, 1.165) is 9.99 Å². The van der Waals surface area contributed by atoms with E-state index in [1.54, 1.807) is 35.2 Å². The first-order valence-electron chi connectivity index (χ1n) is 5.53. The number of alkyl halides is 1. The van der Waals surface area contributed by atoms with Crippen LogP contribution in [0, 0.1) is 5.82 Å². The van der Waals surface area contributed by atoms with E-state index in [2.05, 4.69) is 25.9 Å². The standard InChI is InChI=1S/C13H8BrClFN3/c14-8-1-2-9(16)12(5-8)19-11-3-4-17-7-10(11)18-13(19)6-15/h1-5,7H,6H2. The second-order valence-electron chi connectivity index (χ2n) is 3.96. The van der Waals surface area contributed by atoms with E-state index in [-0.39, 0.29) is 11.7 Å². The van der Waals surface area contributed by atoms with Crippen molar-refractivity contribution < 1.29 is 4.39 Å². The molecule has 0 aliphatic rings. The summed E-state index contributed by atoms with van der Waals surface area (Å²) in [6, 6.07) is 6.55. The van der Waals surface area contributed by atoms with Crippen molar-refractivity contribution in [1.82, 2.24) is 14.5 Å². The lowest BCUT2D eigenvalue weighted by Gasteiger charge is -2.09. The van der Waals surface area contributed by atoms with Gasteiger partial charge in [0.1, 0.15) is 17.2 Å². The van der Waals surface area contributed by atoms with Gasteiger partial charge in [0.15, 0.2) is 0 Å². The fourth-order valence-corrected chi connectivity index (χ4v) is 2.53. The molecule has 1 aromatic carbocycles. The number of nitrogens with zero attached hydrogens (tertiary/aromatic N) is 3. The van der Waals surface area contributed by atoms with Gasteiger partial charge in [-0.05, 0) is 24.3 Å². The molecule has 3 rings (SSSR count). The Labute approximate surface area is 122 Å². The Kier molecular flexibility index (Phi) is 3.24. The van der Waals surface area contributed by atoms with Crippen molar-refractivity contribution in [3.63, 3.8) is 0 Å². The zero-order valence-corrected chi connectivity index (χ0v) is 12.0. The SMILES string of the molecule is Fc1ccc(Br)cc1-n1c(CCl)nc2cnccc21. The summed E-state index contributed by atoms with van der Waals surface area (Å²) in [5.41, 5.74) is 1.89. The molecule has 0 saturated heterocycles. The van der Waals surface area contributed by atoms with Crippen LogP contribution in [0.1, 0.15) is 5.82 Å². The molecule has 0 aliphatic carbocycles. The quantitative estimate of drug-likeness (QED) is 0.659. The third kappa shape index (κ3) is 2.13. The molecule has 0 spiro atoms. The molecule has 2 aromatic heterocycles. The summed E-state index contributed by atoms with van der Waals surface area (Å²) in [5.74, 6) is 0.452. The molecule has 0 N–H and O–H groups in total. The van der Waals surface area contributed by atoms with Gasteiger partial charge in [0.05, 0.1) is 23.3 Å². The molecule has 2 heterocycles. The second kappa shape index (κ2) is 4.90. The van der Waals surface area contributed by atoms with Crippen LogP contribution in [0.25, 0.3) is 16.7 Å². The number of halogens is 3. The van der Waals surface area contributed by atoms with Crippen LogP contribution in [0.3, 0.4) is 0 Å². The van der Waals surface area contributed by atoms with Crippen molar-refractivity contribution in [2.24, 2.45) is 0 Å². The van der Waals surface area contributed by atoms with Crippen molar-refractivity contribution in [2.45, 2.75) is 5.88 Å². The predicted molar refractivity (Wildman–Crippen MR) is 76.1 cm³/mol. The van der Waals surface area contributed by atoms with Gasteiger partial charge in [-0.15, -0.1) is 11.6 Å². The highest BCUT2D eigenvalue weighted by Crippen LogP contribution is 2.26. The average molecular weight is 341 g/mol. The highest BCUT2D eigenvalue weighted by molar-refractivity contribution is 9.10. The number of fused-ring (bicyclic) bond motifs is 1. The van der Waals surface area contributed by atoms with Crippen LogP contribution in [0.5, 0.6) is 0 Å². The van der Waals surface area contributed by atoms with Crippen LogP contribution < -0.4 is 0 Å². The van der Waals surface area contributed by atoms with Crippen molar-refractivity contribution in [1.29, 1.82) is 0 Å². The lowest BCUT2D eigenvalue weighted by molar-refractivity contribution is 0.617. The Morgan fingerprint density at radius 1 is 1.32 bits per heavy atom. The minimum Gasteiger partial charge on any atom is -0.292 e. The highest BCUT2D eigenvalue weighted by atomic mass is 79.9. The Morgan fingerprint density at radius 3 is 2.95 bits per heavy atom. The highest BCUT2D eigenvalue weighted by Gasteiger charge is 2.15. The topological polar surface area (TPSA) is 30.7 Å². The van der Waals surface area contributed by atoms with Crippen LogP contribution in [0.4, 0.5) is 4.39 Å². The number of pyridine rings is 1. The first-order chi connectivity index (χ1) is 9.20. The molecule has 19 heavy (non-hydrogen) atoms. The summed E-state index contributed by atoms with van der Waals surface area (Å²) in [6.45, 7) is 0. The van der Waals surface area contributed by atoms with Crippen molar-refractivity contribution in [3.05, 3.63) is 52.8 Å². The fourth-order valence-electron chi connectivity index (χ4n) is 2.00. The number of imidazole rings is 1. The molecule has 0 aliphatic heterocycles. The fraction of sp³-hybridized carbons (Fsp3) is 0.0769. The van der Waals surface area contributed by atoms with Gasteiger partial charge in [-0.25, -0.2) is 9.37 Å². The van der Waals surface area contributed by atoms with E-state index < -0.39 is 0 Å². The summed E-state index contributed by atoms with van der Waals surface area (Å²) in [4.78, 5) is 8.38. The van der Waals surface area contributed by atoms with Crippen LogP contribution in [-0.4, -0.2) is 14.5 Å². The number of aromatic nitrogens is 3. The molecule has 0 bridgehead atoms. The molecule has 6 heteroatoms. The first-order valence-corrected chi connectivity index (χ1v) is 6.86. The van der Waals surface area contributed by atoms with Gasteiger partial charge in [0.2, 0.25) is 0 Å². The Hall–Kier alpha value is -1.46. The zero-order valence-electron chi connectivity index (χ0n) is 9.65. The molecule has 0 fully saturated rings. The normalized spacial score (nSPS) is 11.1. The number of rotatable bonds is 2. The summed E-state index contributed by atoms with van der Waals surface area (Å²) < 4.78 is 16.6. The largest absolute Gasteiger partial charge is 0.292 e. The molecule has 0 amide bonds. The van der Waals surface area contributed by atoms with Gasteiger partial charge in [-0.1, -0.05) is 15.9 Å². The zero-order chi connectivity index (χ0) is 13.4. The van der Waals surface area contributed by atoms with Gasteiger partial charge in [0, 0.05) is 10.7 Å². The molecular formula is C13H8BrClFN3. The Balaban J connectivity index is 2.37. The van der Waals surface area contributed by atoms with Crippen molar-refractivity contribution in [3.8, 4) is 5.69 Å². The number of benzene rings is 1. The summed E-state index contributed by atoms with van der Waals surface area (Å²) >= 11 is 9.25. The molecule has 3 aromatic rings. The maximum Gasteiger partial charge on any atom is 0.147 e. The van der Waals surface area contributed by atoms with Crippen molar-refractivity contribution in [2.75, 3.05) is 0 Å². The average Bonchev–Trinajstić information content (AvgIpc) is 2.80. The predicted octanol–water partition coefficient (Wildman–Crippen LogP) is 4.06. The lowest BCUT2D eigenvalue weighted by atomic mass is 10.3. The molecule has 3 nitrogen and oxygen atoms in total. The Bertz CT molecular complexity index is 757. The molecule has 0 saturated carbocycles. The molecule has 0 radical (unpaired) electrons. The maximum absolute atomic E-state index is 14.0. The van der Waals surface area contributed by atoms with E-state index in [9.17, 15) is 4.39 Å². The first kappa shape index (κ1) is 12.6. The molecule has 0 unspecified atom stereocenters. The Morgan fingerprint density at radius 2 is 2.16 bits per heavy atom. The molecule has 96 valence electrons. The van der Waals surface area contributed by atoms with Gasteiger partial charge in [-0.3, -0.25) is 9.55 Å². The van der Waals surface area contributed by atoms with Crippen LogP contribution in [-0.2, 0) is 5.88 Å². The third-order valence-electron chi connectivity index (χ3n) is 2.79. The molecule has 0 atom stereocenters. The van der Waals surface area contributed by atoms with Crippen LogP contribution >= 0.6 is 27.5 Å². The van der Waals surface area contributed by atoms with E-state index in [0.29, 0.717) is 17.0 Å². The summed E-state index contributed by atoms with van der Waals surface area (Å²) in [6.07, 6.45) is 3.28. The summed E-state index contributed by atoms with van der Waals surface area (Å²) in [5, 5.41) is 0. The lowest BCUT2D eigenvalue weighted by Crippen LogP contribution is -2.02. The smallest absolute Gasteiger partial charge is 0.147 e.